The number of rotatable bonds is 6. The van der Waals surface area contributed by atoms with Crippen LogP contribution in [0.2, 0.25) is 0 Å². The largest absolute Gasteiger partial charge is 0.385 e. The van der Waals surface area contributed by atoms with Gasteiger partial charge >= 0.3 is 0 Å². The van der Waals surface area contributed by atoms with Gasteiger partial charge in [0.15, 0.2) is 0 Å². The summed E-state index contributed by atoms with van der Waals surface area (Å²) in [5.74, 6) is 0.498. The van der Waals surface area contributed by atoms with Gasteiger partial charge in [0.25, 0.3) is 0 Å². The summed E-state index contributed by atoms with van der Waals surface area (Å²) in [7, 11) is 1.72. The SMILES string of the molecule is CCC(C)c1cc(C#N)c(C)n1CCCOC. The van der Waals surface area contributed by atoms with Crippen molar-refractivity contribution in [2.24, 2.45) is 0 Å². The van der Waals surface area contributed by atoms with Crippen LogP contribution in [0.5, 0.6) is 0 Å². The minimum Gasteiger partial charge on any atom is -0.385 e. The second-order valence-corrected chi connectivity index (χ2v) is 4.49. The van der Waals surface area contributed by atoms with E-state index in [1.807, 2.05) is 13.0 Å². The molecule has 0 amide bonds. The van der Waals surface area contributed by atoms with Crippen LogP contribution in [-0.4, -0.2) is 18.3 Å². The van der Waals surface area contributed by atoms with Crippen LogP contribution in [0, 0.1) is 18.3 Å². The number of hydrogen-bond donors (Lipinski definition) is 0. The molecule has 0 aliphatic heterocycles. The van der Waals surface area contributed by atoms with Crippen LogP contribution in [-0.2, 0) is 11.3 Å². The Balaban J connectivity index is 2.98. The molecule has 0 aromatic carbocycles. The third kappa shape index (κ3) is 3.10. The van der Waals surface area contributed by atoms with Gasteiger partial charge in [-0.2, -0.15) is 5.26 Å². The van der Waals surface area contributed by atoms with Crippen LogP contribution in [0.15, 0.2) is 6.07 Å². The number of aromatic nitrogens is 1. The lowest BCUT2D eigenvalue weighted by atomic mass is 10.0. The molecule has 1 aromatic heterocycles. The molecule has 1 rings (SSSR count). The molecule has 0 N–H and O–H groups in total. The Labute approximate surface area is 104 Å². The molecule has 0 fully saturated rings. The maximum atomic E-state index is 9.09. The second kappa shape index (κ2) is 6.46. The fourth-order valence-corrected chi connectivity index (χ4v) is 2.06. The Morgan fingerprint density at radius 3 is 2.76 bits per heavy atom. The summed E-state index contributed by atoms with van der Waals surface area (Å²) in [4.78, 5) is 0. The Bertz CT molecular complexity index is 401. The van der Waals surface area contributed by atoms with E-state index < -0.39 is 0 Å². The van der Waals surface area contributed by atoms with E-state index in [1.165, 1.54) is 5.69 Å². The van der Waals surface area contributed by atoms with Gasteiger partial charge in [-0.15, -0.1) is 0 Å². The van der Waals surface area contributed by atoms with Crippen LogP contribution in [0.4, 0.5) is 0 Å². The second-order valence-electron chi connectivity index (χ2n) is 4.49. The lowest BCUT2D eigenvalue weighted by molar-refractivity contribution is 0.189. The molecular weight excluding hydrogens is 212 g/mol. The lowest BCUT2D eigenvalue weighted by Crippen LogP contribution is -2.09. The average molecular weight is 234 g/mol. The molecule has 0 aliphatic carbocycles. The highest BCUT2D eigenvalue weighted by Crippen LogP contribution is 2.24. The Kier molecular flexibility index (Phi) is 5.24. The fraction of sp³-hybridized carbons (Fsp3) is 0.643. The summed E-state index contributed by atoms with van der Waals surface area (Å²) in [6.07, 6.45) is 2.08. The van der Waals surface area contributed by atoms with Gasteiger partial charge in [-0.05, 0) is 31.7 Å². The third-order valence-corrected chi connectivity index (χ3v) is 3.37. The van der Waals surface area contributed by atoms with Gasteiger partial charge in [-0.25, -0.2) is 0 Å². The van der Waals surface area contributed by atoms with Crippen LogP contribution < -0.4 is 0 Å². The molecule has 0 bridgehead atoms. The molecule has 0 spiro atoms. The summed E-state index contributed by atoms with van der Waals surface area (Å²) in [6, 6.07) is 4.31. The van der Waals surface area contributed by atoms with Gasteiger partial charge in [0, 0.05) is 31.6 Å². The quantitative estimate of drug-likeness (QED) is 0.709. The molecule has 0 aliphatic rings. The van der Waals surface area contributed by atoms with Gasteiger partial charge in [-0.1, -0.05) is 13.8 Å². The Morgan fingerprint density at radius 1 is 1.53 bits per heavy atom. The predicted octanol–water partition coefficient (Wildman–Crippen LogP) is 3.22. The van der Waals surface area contributed by atoms with Crippen molar-refractivity contribution in [3.8, 4) is 6.07 Å². The van der Waals surface area contributed by atoms with Crippen molar-refractivity contribution < 1.29 is 4.74 Å². The number of nitrogens with zero attached hydrogens (tertiary/aromatic N) is 2. The minimum atomic E-state index is 0.498. The molecule has 1 aromatic rings. The third-order valence-electron chi connectivity index (χ3n) is 3.37. The summed E-state index contributed by atoms with van der Waals surface area (Å²) in [5.41, 5.74) is 3.16. The molecule has 1 heterocycles. The molecule has 0 saturated heterocycles. The summed E-state index contributed by atoms with van der Waals surface area (Å²) >= 11 is 0. The number of methoxy groups -OCH3 is 1. The highest BCUT2D eigenvalue weighted by atomic mass is 16.5. The zero-order valence-corrected chi connectivity index (χ0v) is 11.3. The molecule has 0 saturated carbocycles. The van der Waals surface area contributed by atoms with E-state index in [4.69, 9.17) is 10.00 Å². The first-order valence-electron chi connectivity index (χ1n) is 6.24. The highest BCUT2D eigenvalue weighted by Gasteiger charge is 2.15. The fourth-order valence-electron chi connectivity index (χ4n) is 2.06. The first-order valence-corrected chi connectivity index (χ1v) is 6.24. The number of ether oxygens (including phenoxy) is 1. The van der Waals surface area contributed by atoms with Crippen LogP contribution in [0.25, 0.3) is 0 Å². The van der Waals surface area contributed by atoms with Crippen molar-refractivity contribution in [1.29, 1.82) is 5.26 Å². The zero-order chi connectivity index (χ0) is 12.8. The van der Waals surface area contributed by atoms with E-state index >= 15 is 0 Å². The Hall–Kier alpha value is -1.27. The summed E-state index contributed by atoms with van der Waals surface area (Å²) in [6.45, 7) is 8.11. The van der Waals surface area contributed by atoms with E-state index in [0.29, 0.717) is 5.92 Å². The number of hydrogen-bond acceptors (Lipinski definition) is 2. The minimum absolute atomic E-state index is 0.498. The van der Waals surface area contributed by atoms with E-state index in [2.05, 4.69) is 24.5 Å². The van der Waals surface area contributed by atoms with Gasteiger partial charge in [0.1, 0.15) is 6.07 Å². The smallest absolute Gasteiger partial charge is 0.101 e. The molecular formula is C14H22N2O. The normalized spacial score (nSPS) is 12.4. The van der Waals surface area contributed by atoms with Crippen molar-refractivity contribution in [2.45, 2.75) is 46.1 Å². The molecule has 0 radical (unpaired) electrons. The average Bonchev–Trinajstić information content (AvgIpc) is 2.66. The molecule has 3 nitrogen and oxygen atoms in total. The highest BCUT2D eigenvalue weighted by molar-refractivity contribution is 5.38. The van der Waals surface area contributed by atoms with Crippen LogP contribution in [0.1, 0.15) is 49.6 Å². The van der Waals surface area contributed by atoms with Crippen molar-refractivity contribution in [3.63, 3.8) is 0 Å². The van der Waals surface area contributed by atoms with E-state index in [0.717, 1.165) is 37.3 Å². The van der Waals surface area contributed by atoms with Gasteiger partial charge in [-0.3, -0.25) is 0 Å². The molecule has 1 unspecified atom stereocenters. The predicted molar refractivity (Wildman–Crippen MR) is 69.1 cm³/mol. The number of nitriles is 1. The monoisotopic (exact) mass is 234 g/mol. The topological polar surface area (TPSA) is 38.0 Å². The van der Waals surface area contributed by atoms with E-state index in [-0.39, 0.29) is 0 Å². The zero-order valence-electron chi connectivity index (χ0n) is 11.3. The lowest BCUT2D eigenvalue weighted by Gasteiger charge is -2.15. The van der Waals surface area contributed by atoms with Crippen molar-refractivity contribution in [3.05, 3.63) is 23.0 Å². The first kappa shape index (κ1) is 13.8. The van der Waals surface area contributed by atoms with E-state index in [9.17, 15) is 0 Å². The molecule has 94 valence electrons. The first-order chi connectivity index (χ1) is 8.15. The maximum absolute atomic E-state index is 9.09. The van der Waals surface area contributed by atoms with Crippen molar-refractivity contribution in [1.82, 2.24) is 4.57 Å². The van der Waals surface area contributed by atoms with E-state index in [1.54, 1.807) is 7.11 Å². The molecule has 1 atom stereocenters. The summed E-state index contributed by atoms with van der Waals surface area (Å²) in [5, 5.41) is 9.09. The van der Waals surface area contributed by atoms with Gasteiger partial charge in [0.05, 0.1) is 5.56 Å². The molecule has 3 heteroatoms. The van der Waals surface area contributed by atoms with Crippen molar-refractivity contribution >= 4 is 0 Å². The molecule has 17 heavy (non-hydrogen) atoms. The van der Waals surface area contributed by atoms with Gasteiger partial charge < -0.3 is 9.30 Å². The van der Waals surface area contributed by atoms with Crippen LogP contribution >= 0.6 is 0 Å². The van der Waals surface area contributed by atoms with Crippen LogP contribution in [0.3, 0.4) is 0 Å². The Morgan fingerprint density at radius 2 is 2.24 bits per heavy atom. The maximum Gasteiger partial charge on any atom is 0.101 e. The van der Waals surface area contributed by atoms with Gasteiger partial charge in [0.2, 0.25) is 0 Å². The standard InChI is InChI=1S/C14H22N2O/c1-5-11(2)14-9-13(10-15)12(3)16(14)7-6-8-17-4/h9,11H,5-8H2,1-4H3. The van der Waals surface area contributed by atoms with Crippen molar-refractivity contribution in [2.75, 3.05) is 13.7 Å². The summed E-state index contributed by atoms with van der Waals surface area (Å²) < 4.78 is 7.35.